The summed E-state index contributed by atoms with van der Waals surface area (Å²) in [5.74, 6) is 0.203. The third-order valence-electron chi connectivity index (χ3n) is 3.97. The molecule has 0 bridgehead atoms. The third-order valence-corrected chi connectivity index (χ3v) is 4.28. The van der Waals surface area contributed by atoms with Crippen molar-refractivity contribution >= 4 is 40.9 Å². The molecule has 30 heavy (non-hydrogen) atoms. The van der Waals surface area contributed by atoms with Gasteiger partial charge in [0.15, 0.2) is 0 Å². The number of anilines is 2. The first-order valence-electron chi connectivity index (χ1n) is 9.18. The highest BCUT2D eigenvalue weighted by molar-refractivity contribution is 6.34. The van der Waals surface area contributed by atoms with E-state index in [-0.39, 0.29) is 11.8 Å². The molecule has 2 N–H and O–H groups in total. The van der Waals surface area contributed by atoms with Crippen LogP contribution in [0.1, 0.15) is 18.2 Å². The molecule has 7 heteroatoms. The molecule has 152 valence electrons. The fraction of sp³-hybridized carbons (Fsp3) is 0.0870. The van der Waals surface area contributed by atoms with E-state index in [1.807, 2.05) is 42.5 Å². The van der Waals surface area contributed by atoms with Crippen molar-refractivity contribution in [1.82, 2.24) is 4.98 Å². The number of nitrogens with zero attached hydrogens (tertiary/aromatic N) is 1. The molecule has 1 aromatic heterocycles. The van der Waals surface area contributed by atoms with E-state index < -0.39 is 0 Å². The Kier molecular flexibility index (Phi) is 7.19. The van der Waals surface area contributed by atoms with Crippen molar-refractivity contribution in [3.63, 3.8) is 0 Å². The molecule has 0 radical (unpaired) electrons. The number of ether oxygens (including phenoxy) is 1. The highest BCUT2D eigenvalue weighted by Crippen LogP contribution is 2.25. The van der Waals surface area contributed by atoms with E-state index >= 15 is 0 Å². The van der Waals surface area contributed by atoms with Crippen LogP contribution in [0.15, 0.2) is 72.9 Å². The highest BCUT2D eigenvalue weighted by Gasteiger charge is 2.05. The predicted octanol–water partition coefficient (Wildman–Crippen LogP) is 4.92. The predicted molar refractivity (Wildman–Crippen MR) is 118 cm³/mol. The number of hydrogen-bond donors (Lipinski definition) is 2. The maximum absolute atomic E-state index is 12.1. The number of aromatic nitrogens is 1. The molecule has 0 fully saturated rings. The summed E-state index contributed by atoms with van der Waals surface area (Å²) in [6.07, 6.45) is 4.85. The molecule has 0 spiro atoms. The Balaban J connectivity index is 1.53. The van der Waals surface area contributed by atoms with Gasteiger partial charge >= 0.3 is 0 Å². The summed E-state index contributed by atoms with van der Waals surface area (Å²) >= 11 is 6.11. The summed E-state index contributed by atoms with van der Waals surface area (Å²) in [5, 5.41) is 5.68. The van der Waals surface area contributed by atoms with Crippen LogP contribution in [-0.2, 0) is 16.2 Å². The molecule has 2 aromatic carbocycles. The van der Waals surface area contributed by atoms with Gasteiger partial charge in [0.05, 0.1) is 16.4 Å². The molecular formula is C23H20ClN3O3. The zero-order valence-electron chi connectivity index (χ0n) is 16.3. The summed E-state index contributed by atoms with van der Waals surface area (Å²) in [6, 6.07) is 17.9. The van der Waals surface area contributed by atoms with Crippen molar-refractivity contribution in [1.29, 1.82) is 0 Å². The van der Waals surface area contributed by atoms with Crippen LogP contribution in [0.2, 0.25) is 5.02 Å². The van der Waals surface area contributed by atoms with E-state index in [0.29, 0.717) is 23.0 Å². The zero-order chi connectivity index (χ0) is 21.3. The Morgan fingerprint density at radius 3 is 2.53 bits per heavy atom. The topological polar surface area (TPSA) is 80.3 Å². The number of rotatable bonds is 7. The van der Waals surface area contributed by atoms with Gasteiger partial charge in [0, 0.05) is 24.9 Å². The highest BCUT2D eigenvalue weighted by atomic mass is 35.5. The van der Waals surface area contributed by atoms with Crippen LogP contribution < -0.4 is 15.4 Å². The molecule has 0 unspecified atom stereocenters. The van der Waals surface area contributed by atoms with Gasteiger partial charge in [-0.15, -0.1) is 0 Å². The maximum Gasteiger partial charge on any atom is 0.248 e. The second kappa shape index (κ2) is 10.2. The smallest absolute Gasteiger partial charge is 0.248 e. The van der Waals surface area contributed by atoms with Crippen molar-refractivity contribution in [2.24, 2.45) is 0 Å². The van der Waals surface area contributed by atoms with Crippen LogP contribution >= 0.6 is 11.6 Å². The molecule has 0 saturated carbocycles. The van der Waals surface area contributed by atoms with Crippen LogP contribution in [0.4, 0.5) is 11.4 Å². The molecule has 6 nitrogen and oxygen atoms in total. The number of pyridine rings is 1. The van der Waals surface area contributed by atoms with Crippen molar-refractivity contribution in [3.8, 4) is 5.75 Å². The van der Waals surface area contributed by atoms with Gasteiger partial charge in [0.25, 0.3) is 0 Å². The van der Waals surface area contributed by atoms with E-state index in [4.69, 9.17) is 16.3 Å². The van der Waals surface area contributed by atoms with E-state index in [9.17, 15) is 9.59 Å². The molecule has 2 amide bonds. The summed E-state index contributed by atoms with van der Waals surface area (Å²) < 4.78 is 5.69. The molecule has 3 rings (SSSR count). The number of benzene rings is 2. The van der Waals surface area contributed by atoms with E-state index in [1.165, 1.54) is 13.0 Å². The van der Waals surface area contributed by atoms with Crippen LogP contribution in [0.5, 0.6) is 5.75 Å². The molecule has 3 aromatic rings. The van der Waals surface area contributed by atoms with Crippen LogP contribution in [-0.4, -0.2) is 16.8 Å². The summed E-state index contributed by atoms with van der Waals surface area (Å²) in [6.45, 7) is 1.79. The van der Waals surface area contributed by atoms with Gasteiger partial charge in [-0.05, 0) is 54.1 Å². The summed E-state index contributed by atoms with van der Waals surface area (Å²) in [7, 11) is 0. The Bertz CT molecular complexity index is 1050. The van der Waals surface area contributed by atoms with Gasteiger partial charge in [0.2, 0.25) is 11.8 Å². The molecule has 0 aliphatic rings. The van der Waals surface area contributed by atoms with Crippen molar-refractivity contribution in [2.45, 2.75) is 13.5 Å². The van der Waals surface area contributed by atoms with Crippen LogP contribution in [0.3, 0.4) is 0 Å². The lowest BCUT2D eigenvalue weighted by atomic mass is 10.2. The third kappa shape index (κ3) is 6.46. The lowest BCUT2D eigenvalue weighted by Crippen LogP contribution is -2.09. The molecule has 0 aliphatic carbocycles. The monoisotopic (exact) mass is 421 g/mol. The van der Waals surface area contributed by atoms with Gasteiger partial charge in [-0.3, -0.25) is 14.6 Å². The van der Waals surface area contributed by atoms with Gasteiger partial charge < -0.3 is 15.4 Å². The second-order valence-electron chi connectivity index (χ2n) is 6.38. The van der Waals surface area contributed by atoms with Gasteiger partial charge in [-0.25, -0.2) is 0 Å². The zero-order valence-corrected chi connectivity index (χ0v) is 17.0. The second-order valence-corrected chi connectivity index (χ2v) is 6.78. The lowest BCUT2D eigenvalue weighted by Gasteiger charge is -2.08. The maximum atomic E-state index is 12.1. The number of amides is 2. The minimum Gasteiger partial charge on any atom is -0.487 e. The minimum absolute atomic E-state index is 0.218. The normalized spacial score (nSPS) is 10.6. The van der Waals surface area contributed by atoms with Crippen molar-refractivity contribution in [3.05, 3.63) is 89.2 Å². The number of hydrogen-bond acceptors (Lipinski definition) is 4. The Morgan fingerprint density at radius 1 is 1.07 bits per heavy atom. The lowest BCUT2D eigenvalue weighted by molar-refractivity contribution is -0.114. The van der Waals surface area contributed by atoms with Crippen LogP contribution in [0, 0.1) is 0 Å². The Morgan fingerprint density at radius 2 is 1.87 bits per heavy atom. The van der Waals surface area contributed by atoms with Gasteiger partial charge in [-0.2, -0.15) is 0 Å². The van der Waals surface area contributed by atoms with Gasteiger partial charge in [-0.1, -0.05) is 29.8 Å². The number of carbonyl (C=O) groups excluding carboxylic acids is 2. The quantitative estimate of drug-likeness (QED) is 0.530. The van der Waals surface area contributed by atoms with Crippen LogP contribution in [0.25, 0.3) is 6.08 Å². The standard InChI is InChI=1S/C23H20ClN3O3/c1-16(28)26-22-11-8-18(14-21(22)24)27-23(29)12-7-17-5-9-20(10-6-17)30-15-19-4-2-3-13-25-19/h2-14H,15H2,1H3,(H,26,28)(H,27,29)/b12-7+. The Labute approximate surface area is 179 Å². The first kappa shape index (κ1) is 21.1. The summed E-state index contributed by atoms with van der Waals surface area (Å²) in [4.78, 5) is 27.5. The number of carbonyl (C=O) groups is 2. The van der Waals surface area contributed by atoms with E-state index in [2.05, 4.69) is 15.6 Å². The molecular weight excluding hydrogens is 402 g/mol. The fourth-order valence-corrected chi connectivity index (χ4v) is 2.78. The Hall–Kier alpha value is -3.64. The minimum atomic E-state index is -0.297. The van der Waals surface area contributed by atoms with Crippen molar-refractivity contribution in [2.75, 3.05) is 10.6 Å². The first-order valence-corrected chi connectivity index (χ1v) is 9.56. The number of nitrogens with one attached hydrogen (secondary N) is 2. The first-order chi connectivity index (χ1) is 14.5. The van der Waals surface area contributed by atoms with Gasteiger partial charge in [0.1, 0.15) is 12.4 Å². The average Bonchev–Trinajstić information content (AvgIpc) is 2.74. The SMILES string of the molecule is CC(=O)Nc1ccc(NC(=O)/C=C/c2ccc(OCc3ccccn3)cc2)cc1Cl. The van der Waals surface area contributed by atoms with E-state index in [0.717, 1.165) is 17.0 Å². The molecule has 0 saturated heterocycles. The van der Waals surface area contributed by atoms with Crippen molar-refractivity contribution < 1.29 is 14.3 Å². The molecule has 0 aliphatic heterocycles. The molecule has 0 atom stereocenters. The largest absolute Gasteiger partial charge is 0.487 e. The molecule has 1 heterocycles. The fourth-order valence-electron chi connectivity index (χ4n) is 2.56. The van der Waals surface area contributed by atoms with E-state index in [1.54, 1.807) is 30.5 Å². The average molecular weight is 422 g/mol. The number of halogens is 1. The summed E-state index contributed by atoms with van der Waals surface area (Å²) in [5.41, 5.74) is 2.72.